The third kappa shape index (κ3) is 4.58. The number of hydrogen-bond acceptors (Lipinski definition) is 4. The second-order valence-corrected chi connectivity index (χ2v) is 6.01. The minimum atomic E-state index is -0.319. The Hall–Kier alpha value is -0.610. The van der Waals surface area contributed by atoms with Crippen LogP contribution in [-0.4, -0.2) is 37.9 Å². The van der Waals surface area contributed by atoms with E-state index >= 15 is 0 Å². The van der Waals surface area contributed by atoms with Crippen LogP contribution < -0.4 is 5.32 Å². The second kappa shape index (κ2) is 6.53. The Morgan fingerprint density at radius 3 is 2.56 bits per heavy atom. The molecule has 0 amide bonds. The van der Waals surface area contributed by atoms with Gasteiger partial charge in [-0.3, -0.25) is 4.79 Å². The number of piperidine rings is 1. The maximum atomic E-state index is 12.2. The van der Waals surface area contributed by atoms with Crippen LogP contribution in [0.4, 0.5) is 0 Å². The van der Waals surface area contributed by atoms with Crippen LogP contribution in [0.1, 0.15) is 47.0 Å². The van der Waals surface area contributed by atoms with Crippen molar-refractivity contribution in [3.8, 4) is 0 Å². The monoisotopic (exact) mass is 257 g/mol. The molecule has 0 spiro atoms. The summed E-state index contributed by atoms with van der Waals surface area (Å²) in [5.41, 5.74) is -0.499. The van der Waals surface area contributed by atoms with E-state index in [9.17, 15) is 4.79 Å². The van der Waals surface area contributed by atoms with Gasteiger partial charge in [-0.2, -0.15) is 0 Å². The molecule has 0 aliphatic carbocycles. The molecular formula is C14H27NO3. The molecule has 0 aromatic rings. The predicted molar refractivity (Wildman–Crippen MR) is 71.5 cm³/mol. The lowest BCUT2D eigenvalue weighted by molar-refractivity contribution is -0.160. The van der Waals surface area contributed by atoms with Gasteiger partial charge < -0.3 is 14.8 Å². The summed E-state index contributed by atoms with van der Waals surface area (Å²) in [7, 11) is 0. The fourth-order valence-corrected chi connectivity index (χ4v) is 2.22. The van der Waals surface area contributed by atoms with Crippen LogP contribution in [0, 0.1) is 5.41 Å². The standard InChI is InChI=1S/C14H27NO3/c1-5-14(7-6-8-15-11-14)12(16)17-9-10-18-13(2,3)4/h15H,5-11H2,1-4H3. The predicted octanol–water partition coefficient (Wildman–Crippen LogP) is 2.12. The summed E-state index contributed by atoms with van der Waals surface area (Å²) < 4.78 is 10.9. The molecule has 1 aliphatic heterocycles. The fraction of sp³-hybridized carbons (Fsp3) is 0.929. The van der Waals surface area contributed by atoms with Crippen molar-refractivity contribution >= 4 is 5.97 Å². The summed E-state index contributed by atoms with van der Waals surface area (Å²) in [5, 5.41) is 3.29. The molecule has 0 radical (unpaired) electrons. The quantitative estimate of drug-likeness (QED) is 0.605. The molecule has 4 heteroatoms. The van der Waals surface area contributed by atoms with E-state index in [1.807, 2.05) is 20.8 Å². The van der Waals surface area contributed by atoms with Gasteiger partial charge in [0, 0.05) is 6.54 Å². The van der Waals surface area contributed by atoms with Gasteiger partial charge in [-0.05, 0) is 46.6 Å². The van der Waals surface area contributed by atoms with E-state index in [-0.39, 0.29) is 17.0 Å². The molecule has 0 aromatic heterocycles. The van der Waals surface area contributed by atoms with E-state index < -0.39 is 0 Å². The molecule has 1 N–H and O–H groups in total. The molecule has 18 heavy (non-hydrogen) atoms. The smallest absolute Gasteiger partial charge is 0.313 e. The van der Waals surface area contributed by atoms with Crippen LogP contribution in [0.2, 0.25) is 0 Å². The molecule has 1 rings (SSSR count). The van der Waals surface area contributed by atoms with Crippen LogP contribution in [0.25, 0.3) is 0 Å². The highest BCUT2D eigenvalue weighted by Crippen LogP contribution is 2.31. The number of nitrogens with one attached hydrogen (secondary N) is 1. The number of carbonyl (C=O) groups is 1. The summed E-state index contributed by atoms with van der Waals surface area (Å²) in [6.45, 7) is 10.6. The van der Waals surface area contributed by atoms with Crippen LogP contribution in [0.3, 0.4) is 0 Å². The summed E-state index contributed by atoms with van der Waals surface area (Å²) in [6, 6.07) is 0. The van der Waals surface area contributed by atoms with Crippen molar-refractivity contribution in [1.29, 1.82) is 0 Å². The Balaban J connectivity index is 2.34. The maximum absolute atomic E-state index is 12.2. The first kappa shape index (κ1) is 15.4. The summed E-state index contributed by atoms with van der Waals surface area (Å²) in [5.74, 6) is -0.0743. The molecule has 1 saturated heterocycles. The van der Waals surface area contributed by atoms with Crippen molar-refractivity contribution < 1.29 is 14.3 Å². The molecule has 1 fully saturated rings. The number of esters is 1. The molecule has 0 bridgehead atoms. The zero-order chi connectivity index (χ0) is 13.6. The summed E-state index contributed by atoms with van der Waals surface area (Å²) in [6.07, 6.45) is 2.80. The maximum Gasteiger partial charge on any atom is 0.313 e. The number of hydrogen-bond donors (Lipinski definition) is 1. The first-order valence-corrected chi connectivity index (χ1v) is 6.91. The zero-order valence-corrected chi connectivity index (χ0v) is 12.2. The molecule has 0 saturated carbocycles. The van der Waals surface area contributed by atoms with Crippen molar-refractivity contribution in [3.05, 3.63) is 0 Å². The zero-order valence-electron chi connectivity index (χ0n) is 12.2. The molecule has 1 atom stereocenters. The molecule has 1 heterocycles. The largest absolute Gasteiger partial charge is 0.463 e. The third-order valence-corrected chi connectivity index (χ3v) is 3.43. The van der Waals surface area contributed by atoms with E-state index in [2.05, 4.69) is 12.2 Å². The van der Waals surface area contributed by atoms with Gasteiger partial charge in [0.15, 0.2) is 0 Å². The van der Waals surface area contributed by atoms with Gasteiger partial charge in [0.25, 0.3) is 0 Å². The Labute approximate surface area is 110 Å². The fourth-order valence-electron chi connectivity index (χ4n) is 2.22. The van der Waals surface area contributed by atoms with Gasteiger partial charge in [-0.25, -0.2) is 0 Å². The summed E-state index contributed by atoms with van der Waals surface area (Å²) >= 11 is 0. The lowest BCUT2D eigenvalue weighted by atomic mass is 9.78. The van der Waals surface area contributed by atoms with Gasteiger partial charge >= 0.3 is 5.97 Å². The highest BCUT2D eigenvalue weighted by Gasteiger charge is 2.39. The van der Waals surface area contributed by atoms with Crippen molar-refractivity contribution in [1.82, 2.24) is 5.32 Å². The van der Waals surface area contributed by atoms with E-state index in [0.29, 0.717) is 13.2 Å². The van der Waals surface area contributed by atoms with E-state index in [1.54, 1.807) is 0 Å². The van der Waals surface area contributed by atoms with Gasteiger partial charge in [-0.15, -0.1) is 0 Å². The van der Waals surface area contributed by atoms with Crippen molar-refractivity contribution in [2.75, 3.05) is 26.3 Å². The first-order valence-electron chi connectivity index (χ1n) is 6.91. The van der Waals surface area contributed by atoms with Crippen LogP contribution in [0.15, 0.2) is 0 Å². The third-order valence-electron chi connectivity index (χ3n) is 3.43. The Kier molecular flexibility index (Phi) is 5.60. The molecule has 1 aliphatic rings. The number of ether oxygens (including phenoxy) is 2. The Morgan fingerprint density at radius 2 is 2.06 bits per heavy atom. The highest BCUT2D eigenvalue weighted by atomic mass is 16.6. The summed E-state index contributed by atoms with van der Waals surface area (Å²) in [4.78, 5) is 12.2. The average Bonchev–Trinajstić information content (AvgIpc) is 2.34. The Morgan fingerprint density at radius 1 is 1.33 bits per heavy atom. The topological polar surface area (TPSA) is 47.6 Å². The van der Waals surface area contributed by atoms with E-state index in [1.165, 1.54) is 0 Å². The first-order chi connectivity index (χ1) is 8.40. The highest BCUT2D eigenvalue weighted by molar-refractivity contribution is 5.77. The van der Waals surface area contributed by atoms with Crippen LogP contribution in [0.5, 0.6) is 0 Å². The van der Waals surface area contributed by atoms with Crippen molar-refractivity contribution in [3.63, 3.8) is 0 Å². The molecular weight excluding hydrogens is 230 g/mol. The number of rotatable bonds is 5. The Bertz CT molecular complexity index is 265. The average molecular weight is 257 g/mol. The van der Waals surface area contributed by atoms with Gasteiger partial charge in [0.2, 0.25) is 0 Å². The van der Waals surface area contributed by atoms with Gasteiger partial charge in [0.1, 0.15) is 6.61 Å². The molecule has 0 aromatic carbocycles. The van der Waals surface area contributed by atoms with Crippen LogP contribution >= 0.6 is 0 Å². The van der Waals surface area contributed by atoms with Crippen molar-refractivity contribution in [2.24, 2.45) is 5.41 Å². The second-order valence-electron chi connectivity index (χ2n) is 6.01. The number of carbonyl (C=O) groups excluding carboxylic acids is 1. The minimum absolute atomic E-state index is 0.0743. The lowest BCUT2D eigenvalue weighted by Gasteiger charge is -2.34. The molecule has 4 nitrogen and oxygen atoms in total. The van der Waals surface area contributed by atoms with Crippen LogP contribution in [-0.2, 0) is 14.3 Å². The molecule has 1 unspecified atom stereocenters. The van der Waals surface area contributed by atoms with Crippen molar-refractivity contribution in [2.45, 2.75) is 52.6 Å². The van der Waals surface area contributed by atoms with Gasteiger partial charge in [0.05, 0.1) is 17.6 Å². The van der Waals surface area contributed by atoms with E-state index in [0.717, 1.165) is 32.4 Å². The van der Waals surface area contributed by atoms with Gasteiger partial charge in [-0.1, -0.05) is 6.92 Å². The normalized spacial score (nSPS) is 24.9. The van der Waals surface area contributed by atoms with E-state index in [4.69, 9.17) is 9.47 Å². The molecule has 106 valence electrons. The lowest BCUT2D eigenvalue weighted by Crippen LogP contribution is -2.46. The minimum Gasteiger partial charge on any atom is -0.463 e. The SMILES string of the molecule is CCC1(C(=O)OCCOC(C)(C)C)CCCNC1.